The first-order valence-corrected chi connectivity index (χ1v) is 6.82. The third-order valence-corrected chi connectivity index (χ3v) is 3.05. The predicted molar refractivity (Wildman–Crippen MR) is 81.9 cm³/mol. The molecule has 2 N–H and O–H groups in total. The number of aromatic amines is 1. The van der Waals surface area contributed by atoms with Crippen molar-refractivity contribution in [1.82, 2.24) is 20.2 Å². The van der Waals surface area contributed by atoms with E-state index in [2.05, 4.69) is 25.5 Å². The summed E-state index contributed by atoms with van der Waals surface area (Å²) in [6.45, 7) is 6.06. The number of hydrogen-bond acceptors (Lipinski definition) is 5. The monoisotopic (exact) mass is 283 g/mol. The Balaban J connectivity index is 1.88. The van der Waals surface area contributed by atoms with Gasteiger partial charge >= 0.3 is 0 Å². The number of fused-ring (bicyclic) bond motifs is 1. The summed E-state index contributed by atoms with van der Waals surface area (Å²) < 4.78 is 5.74. The van der Waals surface area contributed by atoms with E-state index in [4.69, 9.17) is 4.74 Å². The Morgan fingerprint density at radius 1 is 1.24 bits per heavy atom. The molecular formula is C15H17N5O. The van der Waals surface area contributed by atoms with Gasteiger partial charge in [-0.15, -0.1) is 0 Å². The number of benzene rings is 1. The average molecular weight is 283 g/mol. The number of rotatable bonds is 4. The number of hydrogen-bond donors (Lipinski definition) is 2. The second-order valence-electron chi connectivity index (χ2n) is 5.13. The molecule has 108 valence electrons. The largest absolute Gasteiger partial charge is 0.491 e. The molecule has 1 aromatic carbocycles. The van der Waals surface area contributed by atoms with Gasteiger partial charge in [-0.05, 0) is 44.5 Å². The highest BCUT2D eigenvalue weighted by Gasteiger charge is 2.07. The zero-order chi connectivity index (χ0) is 14.8. The van der Waals surface area contributed by atoms with Crippen molar-refractivity contribution < 1.29 is 4.74 Å². The van der Waals surface area contributed by atoms with Gasteiger partial charge in [-0.25, -0.2) is 9.97 Å². The fourth-order valence-electron chi connectivity index (χ4n) is 2.11. The molecule has 0 aliphatic rings. The quantitative estimate of drug-likeness (QED) is 0.769. The molecule has 0 spiro atoms. The first-order valence-electron chi connectivity index (χ1n) is 6.82. The Hall–Kier alpha value is -2.63. The van der Waals surface area contributed by atoms with Crippen molar-refractivity contribution in [1.29, 1.82) is 0 Å². The van der Waals surface area contributed by atoms with Crippen LogP contribution in [0, 0.1) is 6.92 Å². The maximum Gasteiger partial charge on any atom is 0.160 e. The van der Waals surface area contributed by atoms with E-state index < -0.39 is 0 Å². The van der Waals surface area contributed by atoms with E-state index in [1.165, 1.54) is 6.33 Å². The lowest BCUT2D eigenvalue weighted by Gasteiger charge is -2.14. The lowest BCUT2D eigenvalue weighted by atomic mass is 10.2. The van der Waals surface area contributed by atoms with Crippen LogP contribution in [0.15, 0.2) is 30.7 Å². The molecule has 0 radical (unpaired) electrons. The zero-order valence-electron chi connectivity index (χ0n) is 12.2. The summed E-state index contributed by atoms with van der Waals surface area (Å²) in [7, 11) is 0. The van der Waals surface area contributed by atoms with Gasteiger partial charge < -0.3 is 10.1 Å². The molecule has 0 bridgehead atoms. The summed E-state index contributed by atoms with van der Waals surface area (Å²) in [5, 5.41) is 11.0. The van der Waals surface area contributed by atoms with Crippen molar-refractivity contribution in [2.45, 2.75) is 26.9 Å². The molecule has 0 atom stereocenters. The Bertz CT molecular complexity index is 766. The van der Waals surface area contributed by atoms with Crippen LogP contribution in [-0.2, 0) is 0 Å². The standard InChI is InChI=1S/C15H17N5O/c1-9(2)21-13-5-4-11(6-10(13)3)19-14-12-7-18-20-15(12)17-8-16-14/h4-9H,1-3H3,(H2,16,17,18,19,20). The Morgan fingerprint density at radius 2 is 2.10 bits per heavy atom. The SMILES string of the molecule is Cc1cc(Nc2ncnc3[nH]ncc23)ccc1OC(C)C. The highest BCUT2D eigenvalue weighted by Crippen LogP contribution is 2.26. The minimum absolute atomic E-state index is 0.162. The van der Waals surface area contributed by atoms with Crippen LogP contribution in [0.25, 0.3) is 11.0 Å². The van der Waals surface area contributed by atoms with Crippen LogP contribution in [-0.4, -0.2) is 26.3 Å². The van der Waals surface area contributed by atoms with E-state index in [9.17, 15) is 0 Å². The van der Waals surface area contributed by atoms with Crippen molar-refractivity contribution in [2.24, 2.45) is 0 Å². The van der Waals surface area contributed by atoms with Gasteiger partial charge in [-0.1, -0.05) is 0 Å². The molecule has 3 rings (SSSR count). The topological polar surface area (TPSA) is 75.7 Å². The normalized spacial score (nSPS) is 11.0. The molecule has 0 saturated heterocycles. The van der Waals surface area contributed by atoms with Crippen LogP contribution in [0.4, 0.5) is 11.5 Å². The maximum absolute atomic E-state index is 5.74. The van der Waals surface area contributed by atoms with Crippen molar-refractivity contribution >= 4 is 22.5 Å². The minimum atomic E-state index is 0.162. The Morgan fingerprint density at radius 3 is 2.86 bits per heavy atom. The van der Waals surface area contributed by atoms with Crippen LogP contribution in [0.3, 0.4) is 0 Å². The fraction of sp³-hybridized carbons (Fsp3) is 0.267. The number of aromatic nitrogens is 4. The number of nitrogens with one attached hydrogen (secondary N) is 2. The second kappa shape index (κ2) is 5.40. The van der Waals surface area contributed by atoms with Gasteiger partial charge in [0.1, 0.15) is 17.9 Å². The van der Waals surface area contributed by atoms with E-state index >= 15 is 0 Å². The van der Waals surface area contributed by atoms with Gasteiger partial charge in [-0.2, -0.15) is 5.10 Å². The number of anilines is 2. The van der Waals surface area contributed by atoms with Crippen molar-refractivity contribution in [3.63, 3.8) is 0 Å². The molecule has 2 heterocycles. The highest BCUT2D eigenvalue weighted by atomic mass is 16.5. The average Bonchev–Trinajstić information content (AvgIpc) is 2.91. The third-order valence-electron chi connectivity index (χ3n) is 3.05. The molecule has 2 aromatic heterocycles. The zero-order valence-corrected chi connectivity index (χ0v) is 12.2. The van der Waals surface area contributed by atoms with Crippen LogP contribution in [0.5, 0.6) is 5.75 Å². The van der Waals surface area contributed by atoms with E-state index in [1.807, 2.05) is 39.0 Å². The number of ether oxygens (including phenoxy) is 1. The molecule has 0 aliphatic carbocycles. The first-order chi connectivity index (χ1) is 10.1. The summed E-state index contributed by atoms with van der Waals surface area (Å²) in [6, 6.07) is 5.97. The second-order valence-corrected chi connectivity index (χ2v) is 5.13. The van der Waals surface area contributed by atoms with Crippen molar-refractivity contribution in [3.05, 3.63) is 36.3 Å². The first kappa shape index (κ1) is 13.4. The van der Waals surface area contributed by atoms with E-state index in [-0.39, 0.29) is 6.10 Å². The smallest absolute Gasteiger partial charge is 0.160 e. The summed E-state index contributed by atoms with van der Waals surface area (Å²) >= 11 is 0. The van der Waals surface area contributed by atoms with Gasteiger partial charge in [0.15, 0.2) is 5.65 Å². The summed E-state index contributed by atoms with van der Waals surface area (Å²) in [4.78, 5) is 8.38. The summed E-state index contributed by atoms with van der Waals surface area (Å²) in [5.74, 6) is 1.62. The summed E-state index contributed by atoms with van der Waals surface area (Å²) in [6.07, 6.45) is 3.38. The summed E-state index contributed by atoms with van der Waals surface area (Å²) in [5.41, 5.74) is 2.74. The molecule has 0 unspecified atom stereocenters. The molecule has 0 aliphatic heterocycles. The Kier molecular flexibility index (Phi) is 3.43. The van der Waals surface area contributed by atoms with E-state index in [1.54, 1.807) is 6.20 Å². The van der Waals surface area contributed by atoms with Gasteiger partial charge in [-0.3, -0.25) is 5.10 Å². The lowest BCUT2D eigenvalue weighted by molar-refractivity contribution is 0.241. The number of nitrogens with zero attached hydrogens (tertiary/aromatic N) is 3. The Labute approximate surface area is 122 Å². The highest BCUT2D eigenvalue weighted by molar-refractivity contribution is 5.87. The predicted octanol–water partition coefficient (Wildman–Crippen LogP) is 3.19. The van der Waals surface area contributed by atoms with Crippen LogP contribution in [0.1, 0.15) is 19.4 Å². The van der Waals surface area contributed by atoms with Crippen molar-refractivity contribution in [2.75, 3.05) is 5.32 Å². The number of aryl methyl sites for hydroxylation is 1. The molecule has 21 heavy (non-hydrogen) atoms. The molecule has 6 nitrogen and oxygen atoms in total. The lowest BCUT2D eigenvalue weighted by Crippen LogP contribution is -2.06. The van der Waals surface area contributed by atoms with Crippen LogP contribution in [0.2, 0.25) is 0 Å². The molecule has 6 heteroatoms. The number of H-pyrrole nitrogens is 1. The van der Waals surface area contributed by atoms with Gasteiger partial charge in [0.05, 0.1) is 17.7 Å². The fourth-order valence-corrected chi connectivity index (χ4v) is 2.11. The van der Waals surface area contributed by atoms with E-state index in [0.29, 0.717) is 5.65 Å². The van der Waals surface area contributed by atoms with Gasteiger partial charge in [0.25, 0.3) is 0 Å². The van der Waals surface area contributed by atoms with Crippen molar-refractivity contribution in [3.8, 4) is 5.75 Å². The third kappa shape index (κ3) is 2.79. The molecular weight excluding hydrogens is 266 g/mol. The van der Waals surface area contributed by atoms with Gasteiger partial charge in [0, 0.05) is 5.69 Å². The molecule has 0 amide bonds. The van der Waals surface area contributed by atoms with Gasteiger partial charge in [0.2, 0.25) is 0 Å². The minimum Gasteiger partial charge on any atom is -0.491 e. The van der Waals surface area contributed by atoms with Crippen LogP contribution < -0.4 is 10.1 Å². The molecule has 0 fully saturated rings. The molecule has 3 aromatic rings. The van der Waals surface area contributed by atoms with Crippen LogP contribution >= 0.6 is 0 Å². The van der Waals surface area contributed by atoms with E-state index in [0.717, 1.165) is 28.2 Å². The maximum atomic E-state index is 5.74. The molecule has 0 saturated carbocycles.